The fourth-order valence-corrected chi connectivity index (χ4v) is 3.64. The maximum absolute atomic E-state index is 14.0. The van der Waals surface area contributed by atoms with Crippen molar-refractivity contribution < 1.29 is 4.39 Å². The summed E-state index contributed by atoms with van der Waals surface area (Å²) >= 11 is 0. The molecule has 1 fully saturated rings. The van der Waals surface area contributed by atoms with Gasteiger partial charge in [-0.05, 0) is 57.3 Å². The highest BCUT2D eigenvalue weighted by molar-refractivity contribution is 5.80. The Morgan fingerprint density at radius 3 is 2.66 bits per heavy atom. The van der Waals surface area contributed by atoms with Gasteiger partial charge in [0.05, 0.1) is 0 Å². The molecule has 2 aromatic rings. The Kier molecular flexibility index (Phi) is 7.09. The van der Waals surface area contributed by atoms with Gasteiger partial charge in [0.1, 0.15) is 5.82 Å². The van der Waals surface area contributed by atoms with Crippen LogP contribution in [0.15, 0.2) is 47.5 Å². The molecule has 0 bridgehead atoms. The van der Waals surface area contributed by atoms with Crippen LogP contribution in [0, 0.1) is 12.7 Å². The number of hydrogen-bond acceptors (Lipinski definition) is 3. The molecule has 1 aliphatic rings. The first-order valence-corrected chi connectivity index (χ1v) is 10.2. The SMILES string of the molecule is CN=C(NCc1ccc(F)c(CN(C)C)c1)NC1CCN(c2ccc(C)cc2)C1. The molecule has 6 heteroatoms. The summed E-state index contributed by atoms with van der Waals surface area (Å²) in [4.78, 5) is 8.73. The Balaban J connectivity index is 1.53. The van der Waals surface area contributed by atoms with E-state index in [1.165, 1.54) is 11.3 Å². The fourth-order valence-electron chi connectivity index (χ4n) is 3.64. The van der Waals surface area contributed by atoms with Crippen molar-refractivity contribution in [2.24, 2.45) is 4.99 Å². The second kappa shape index (κ2) is 9.74. The third-order valence-corrected chi connectivity index (χ3v) is 5.21. The Hall–Kier alpha value is -2.60. The normalized spacial score (nSPS) is 17.1. The Labute approximate surface area is 173 Å². The van der Waals surface area contributed by atoms with Gasteiger partial charge in [0.2, 0.25) is 0 Å². The standard InChI is InChI=1S/C23H32FN5/c1-17-5-8-21(9-6-17)29-12-11-20(16-29)27-23(25-2)26-14-18-7-10-22(24)19(13-18)15-28(3)4/h5-10,13,20H,11-12,14-16H2,1-4H3,(H2,25,26,27). The van der Waals surface area contributed by atoms with Gasteiger partial charge in [0, 0.05) is 50.5 Å². The number of nitrogens with one attached hydrogen (secondary N) is 2. The minimum atomic E-state index is -0.160. The summed E-state index contributed by atoms with van der Waals surface area (Å²) in [5.41, 5.74) is 4.30. The summed E-state index contributed by atoms with van der Waals surface area (Å²) in [5.74, 6) is 0.617. The lowest BCUT2D eigenvalue weighted by Crippen LogP contribution is -2.44. The monoisotopic (exact) mass is 397 g/mol. The van der Waals surface area contributed by atoms with Gasteiger partial charge in [-0.3, -0.25) is 4.99 Å². The second-order valence-electron chi connectivity index (χ2n) is 8.00. The van der Waals surface area contributed by atoms with E-state index in [0.717, 1.165) is 31.0 Å². The average molecular weight is 398 g/mol. The molecular formula is C23H32FN5. The molecule has 0 aliphatic carbocycles. The van der Waals surface area contributed by atoms with Crippen LogP contribution in [0.4, 0.5) is 10.1 Å². The highest BCUT2D eigenvalue weighted by Crippen LogP contribution is 2.20. The third-order valence-electron chi connectivity index (χ3n) is 5.21. The van der Waals surface area contributed by atoms with E-state index in [4.69, 9.17) is 0 Å². The summed E-state index contributed by atoms with van der Waals surface area (Å²) in [6, 6.07) is 14.3. The lowest BCUT2D eigenvalue weighted by atomic mass is 10.1. The van der Waals surface area contributed by atoms with E-state index < -0.39 is 0 Å². The number of benzene rings is 2. The van der Waals surface area contributed by atoms with Crippen LogP contribution in [0.2, 0.25) is 0 Å². The van der Waals surface area contributed by atoms with Crippen molar-refractivity contribution in [1.82, 2.24) is 15.5 Å². The van der Waals surface area contributed by atoms with E-state index in [1.54, 1.807) is 13.1 Å². The summed E-state index contributed by atoms with van der Waals surface area (Å²) in [5, 5.41) is 6.88. The van der Waals surface area contributed by atoms with Gasteiger partial charge >= 0.3 is 0 Å². The minimum absolute atomic E-state index is 0.160. The average Bonchev–Trinajstić information content (AvgIpc) is 3.16. The van der Waals surface area contributed by atoms with Crippen molar-refractivity contribution >= 4 is 11.6 Å². The number of hydrogen-bond donors (Lipinski definition) is 2. The number of anilines is 1. The minimum Gasteiger partial charge on any atom is -0.369 e. The van der Waals surface area contributed by atoms with Gasteiger partial charge in [-0.15, -0.1) is 0 Å². The summed E-state index contributed by atoms with van der Waals surface area (Å²) in [7, 11) is 5.67. The molecule has 1 unspecified atom stereocenters. The zero-order valence-electron chi connectivity index (χ0n) is 17.9. The van der Waals surface area contributed by atoms with E-state index in [0.29, 0.717) is 24.7 Å². The van der Waals surface area contributed by atoms with E-state index >= 15 is 0 Å². The van der Waals surface area contributed by atoms with Gasteiger partial charge < -0.3 is 20.4 Å². The smallest absolute Gasteiger partial charge is 0.191 e. The van der Waals surface area contributed by atoms with Crippen LogP contribution in [0.5, 0.6) is 0 Å². The molecule has 1 aliphatic heterocycles. The predicted octanol–water partition coefficient (Wildman–Crippen LogP) is 3.14. The van der Waals surface area contributed by atoms with E-state index in [-0.39, 0.29) is 5.82 Å². The molecule has 29 heavy (non-hydrogen) atoms. The van der Waals surface area contributed by atoms with Gasteiger partial charge in [-0.25, -0.2) is 4.39 Å². The molecular weight excluding hydrogens is 365 g/mol. The first-order valence-electron chi connectivity index (χ1n) is 10.2. The quantitative estimate of drug-likeness (QED) is 0.581. The number of rotatable bonds is 6. The van der Waals surface area contributed by atoms with Gasteiger partial charge in [-0.2, -0.15) is 0 Å². The van der Waals surface area contributed by atoms with E-state index in [9.17, 15) is 4.39 Å². The molecule has 0 amide bonds. The molecule has 156 valence electrons. The Morgan fingerprint density at radius 2 is 1.97 bits per heavy atom. The first kappa shape index (κ1) is 21.1. The maximum atomic E-state index is 14.0. The molecule has 5 nitrogen and oxygen atoms in total. The molecule has 1 heterocycles. The zero-order chi connectivity index (χ0) is 20.8. The number of halogens is 1. The zero-order valence-corrected chi connectivity index (χ0v) is 17.9. The Bertz CT molecular complexity index is 832. The summed E-state index contributed by atoms with van der Waals surface area (Å²) < 4.78 is 14.0. The van der Waals surface area contributed by atoms with Crippen LogP contribution in [0.25, 0.3) is 0 Å². The molecule has 1 atom stereocenters. The molecule has 0 radical (unpaired) electrons. The lowest BCUT2D eigenvalue weighted by Gasteiger charge is -2.20. The van der Waals surface area contributed by atoms with Crippen molar-refractivity contribution in [2.75, 3.05) is 39.1 Å². The molecule has 0 aromatic heterocycles. The predicted molar refractivity (Wildman–Crippen MR) is 119 cm³/mol. The van der Waals surface area contributed by atoms with Crippen molar-refractivity contribution in [3.05, 3.63) is 65.0 Å². The number of aliphatic imine (C=N–C) groups is 1. The van der Waals surface area contributed by atoms with Crippen LogP contribution < -0.4 is 15.5 Å². The van der Waals surface area contributed by atoms with Crippen molar-refractivity contribution in [3.8, 4) is 0 Å². The number of aryl methyl sites for hydroxylation is 1. The lowest BCUT2D eigenvalue weighted by molar-refractivity contribution is 0.392. The van der Waals surface area contributed by atoms with Crippen LogP contribution in [0.1, 0.15) is 23.1 Å². The van der Waals surface area contributed by atoms with Crippen molar-refractivity contribution in [1.29, 1.82) is 0 Å². The Morgan fingerprint density at radius 1 is 1.21 bits per heavy atom. The largest absolute Gasteiger partial charge is 0.369 e. The molecule has 3 rings (SSSR count). The fraction of sp³-hybridized carbons (Fsp3) is 0.435. The van der Waals surface area contributed by atoms with Gasteiger partial charge in [0.15, 0.2) is 5.96 Å². The third kappa shape index (κ3) is 5.94. The molecule has 2 aromatic carbocycles. The van der Waals surface area contributed by atoms with Crippen LogP contribution in [-0.2, 0) is 13.1 Å². The van der Waals surface area contributed by atoms with Gasteiger partial charge in [-0.1, -0.05) is 23.8 Å². The van der Waals surface area contributed by atoms with Crippen LogP contribution in [0.3, 0.4) is 0 Å². The number of nitrogens with zero attached hydrogens (tertiary/aromatic N) is 3. The van der Waals surface area contributed by atoms with Crippen LogP contribution >= 0.6 is 0 Å². The van der Waals surface area contributed by atoms with Crippen molar-refractivity contribution in [2.45, 2.75) is 32.5 Å². The van der Waals surface area contributed by atoms with E-state index in [2.05, 4.69) is 51.7 Å². The first-order chi connectivity index (χ1) is 13.9. The van der Waals surface area contributed by atoms with Crippen molar-refractivity contribution in [3.63, 3.8) is 0 Å². The molecule has 0 spiro atoms. The highest BCUT2D eigenvalue weighted by atomic mass is 19.1. The summed E-state index contributed by atoms with van der Waals surface area (Å²) in [6.07, 6.45) is 1.07. The number of guanidine groups is 1. The van der Waals surface area contributed by atoms with Gasteiger partial charge in [0.25, 0.3) is 0 Å². The second-order valence-corrected chi connectivity index (χ2v) is 8.00. The topological polar surface area (TPSA) is 42.9 Å². The van der Waals surface area contributed by atoms with Crippen LogP contribution in [-0.4, -0.2) is 51.1 Å². The summed E-state index contributed by atoms with van der Waals surface area (Å²) in [6.45, 7) is 5.29. The molecule has 1 saturated heterocycles. The highest BCUT2D eigenvalue weighted by Gasteiger charge is 2.23. The molecule has 2 N–H and O–H groups in total. The van der Waals surface area contributed by atoms with E-state index in [1.807, 2.05) is 31.1 Å². The maximum Gasteiger partial charge on any atom is 0.191 e. The molecule has 0 saturated carbocycles.